The maximum Gasteiger partial charge on any atom is 0.237 e. The number of methoxy groups -OCH3 is 1. The van der Waals surface area contributed by atoms with E-state index in [0.717, 1.165) is 18.0 Å². The molecule has 0 aliphatic carbocycles. The highest BCUT2D eigenvalue weighted by Gasteiger charge is 2.20. The number of halogens is 2. The predicted octanol–water partition coefficient (Wildman–Crippen LogP) is 5.74. The zero-order chi connectivity index (χ0) is 23.8. The van der Waals surface area contributed by atoms with Gasteiger partial charge in [-0.15, -0.1) is 10.2 Å². The average molecular weight is 509 g/mol. The first-order valence-corrected chi connectivity index (χ1v) is 12.2. The third-order valence-electron chi connectivity index (χ3n) is 4.81. The van der Waals surface area contributed by atoms with Crippen molar-refractivity contribution >= 4 is 46.6 Å². The van der Waals surface area contributed by atoms with E-state index in [2.05, 4.69) is 15.5 Å². The molecule has 1 N–H and O–H groups in total. The van der Waals surface area contributed by atoms with Crippen LogP contribution in [-0.4, -0.2) is 39.6 Å². The number of rotatable bonds is 11. The smallest absolute Gasteiger partial charge is 0.237 e. The van der Waals surface area contributed by atoms with Gasteiger partial charge in [0.05, 0.1) is 24.0 Å². The number of hydrogen-bond acceptors (Lipinski definition) is 6. The molecule has 0 fully saturated rings. The van der Waals surface area contributed by atoms with E-state index in [0.29, 0.717) is 46.2 Å². The standard InChI is InChI=1S/C23H26Cl2N4O3S/c1-4-29-21(6-5-13-32-20-12-7-16(24)14-19(20)25)27-28-23(29)33-15(2)22(30)26-17-8-10-18(31-3)11-9-17/h7-12,14-15H,4-6,13H2,1-3H3,(H,26,30). The molecule has 2 aromatic carbocycles. The predicted molar refractivity (Wildman–Crippen MR) is 133 cm³/mol. The van der Waals surface area contributed by atoms with E-state index in [4.69, 9.17) is 32.7 Å². The van der Waals surface area contributed by atoms with Gasteiger partial charge >= 0.3 is 0 Å². The number of carbonyl (C=O) groups excluding carboxylic acids is 1. The van der Waals surface area contributed by atoms with Crippen molar-refractivity contribution in [2.75, 3.05) is 19.0 Å². The highest BCUT2D eigenvalue weighted by Crippen LogP contribution is 2.28. The van der Waals surface area contributed by atoms with Crippen molar-refractivity contribution in [1.82, 2.24) is 14.8 Å². The number of anilines is 1. The summed E-state index contributed by atoms with van der Waals surface area (Å²) in [5.74, 6) is 2.09. The molecular weight excluding hydrogens is 483 g/mol. The quantitative estimate of drug-likeness (QED) is 0.262. The van der Waals surface area contributed by atoms with Crippen LogP contribution in [0.4, 0.5) is 5.69 Å². The fourth-order valence-electron chi connectivity index (χ4n) is 3.04. The molecular formula is C23H26Cl2N4O3S. The molecule has 0 bridgehead atoms. The summed E-state index contributed by atoms with van der Waals surface area (Å²) in [4.78, 5) is 12.6. The summed E-state index contributed by atoms with van der Waals surface area (Å²) >= 11 is 13.4. The molecule has 1 amide bonds. The van der Waals surface area contributed by atoms with Gasteiger partial charge in [0.15, 0.2) is 5.16 Å². The minimum atomic E-state index is -0.343. The average Bonchev–Trinajstić information content (AvgIpc) is 3.19. The molecule has 0 aliphatic heterocycles. The molecule has 0 saturated carbocycles. The molecule has 0 aliphatic rings. The summed E-state index contributed by atoms with van der Waals surface area (Å²) in [6.45, 7) is 5.08. The fourth-order valence-corrected chi connectivity index (χ4v) is 4.44. The number of hydrogen-bond donors (Lipinski definition) is 1. The molecule has 0 spiro atoms. The van der Waals surface area contributed by atoms with Gasteiger partial charge in [-0.25, -0.2) is 0 Å². The number of amides is 1. The molecule has 1 aromatic heterocycles. The second-order valence-electron chi connectivity index (χ2n) is 7.15. The minimum absolute atomic E-state index is 0.106. The maximum atomic E-state index is 12.6. The number of carbonyl (C=O) groups is 1. The first-order valence-electron chi connectivity index (χ1n) is 10.5. The van der Waals surface area contributed by atoms with Crippen LogP contribution in [0, 0.1) is 0 Å². The van der Waals surface area contributed by atoms with Crippen LogP contribution in [0.15, 0.2) is 47.6 Å². The lowest BCUT2D eigenvalue weighted by atomic mass is 10.3. The SMILES string of the molecule is CCn1c(CCCOc2ccc(Cl)cc2Cl)nnc1SC(C)C(=O)Nc1ccc(OC)cc1. The number of ether oxygens (including phenoxy) is 2. The zero-order valence-corrected chi connectivity index (χ0v) is 21.0. The lowest BCUT2D eigenvalue weighted by molar-refractivity contribution is -0.115. The number of thioether (sulfide) groups is 1. The number of aryl methyl sites for hydroxylation is 1. The minimum Gasteiger partial charge on any atom is -0.497 e. The molecule has 10 heteroatoms. The van der Waals surface area contributed by atoms with Crippen molar-refractivity contribution in [3.63, 3.8) is 0 Å². The van der Waals surface area contributed by atoms with E-state index < -0.39 is 0 Å². The van der Waals surface area contributed by atoms with Crippen LogP contribution in [-0.2, 0) is 17.8 Å². The van der Waals surface area contributed by atoms with Gasteiger partial charge in [-0.2, -0.15) is 0 Å². The Bertz CT molecular complexity index is 1080. The molecule has 1 atom stereocenters. The highest BCUT2D eigenvalue weighted by atomic mass is 35.5. The third kappa shape index (κ3) is 7.03. The van der Waals surface area contributed by atoms with Gasteiger partial charge < -0.3 is 19.4 Å². The Hall–Kier alpha value is -2.42. The van der Waals surface area contributed by atoms with Crippen LogP contribution < -0.4 is 14.8 Å². The molecule has 0 radical (unpaired) electrons. The summed E-state index contributed by atoms with van der Waals surface area (Å²) in [6, 6.07) is 12.4. The van der Waals surface area contributed by atoms with Crippen LogP contribution in [0.2, 0.25) is 10.0 Å². The Morgan fingerprint density at radius 3 is 2.61 bits per heavy atom. The molecule has 1 unspecified atom stereocenters. The fraction of sp³-hybridized carbons (Fsp3) is 0.348. The Kier molecular flexibility index (Phi) is 9.29. The van der Waals surface area contributed by atoms with Crippen molar-refractivity contribution in [3.05, 3.63) is 58.3 Å². The van der Waals surface area contributed by atoms with E-state index in [1.807, 2.05) is 18.4 Å². The Morgan fingerprint density at radius 1 is 1.18 bits per heavy atom. The van der Waals surface area contributed by atoms with E-state index in [1.54, 1.807) is 49.6 Å². The van der Waals surface area contributed by atoms with Crippen molar-refractivity contribution in [2.45, 2.75) is 43.6 Å². The second kappa shape index (κ2) is 12.2. The van der Waals surface area contributed by atoms with Crippen LogP contribution in [0.25, 0.3) is 0 Å². The molecule has 3 rings (SSSR count). The van der Waals surface area contributed by atoms with Gasteiger partial charge in [-0.1, -0.05) is 35.0 Å². The van der Waals surface area contributed by atoms with Gasteiger partial charge in [0.1, 0.15) is 17.3 Å². The lowest BCUT2D eigenvalue weighted by Gasteiger charge is -2.13. The van der Waals surface area contributed by atoms with E-state index in [9.17, 15) is 4.79 Å². The van der Waals surface area contributed by atoms with E-state index in [1.165, 1.54) is 11.8 Å². The summed E-state index contributed by atoms with van der Waals surface area (Å²) < 4.78 is 12.9. The topological polar surface area (TPSA) is 78.3 Å². The van der Waals surface area contributed by atoms with Crippen LogP contribution >= 0.6 is 35.0 Å². The summed E-state index contributed by atoms with van der Waals surface area (Å²) in [5, 5.41) is 13.0. The van der Waals surface area contributed by atoms with Crippen LogP contribution in [0.3, 0.4) is 0 Å². The summed E-state index contributed by atoms with van der Waals surface area (Å²) in [5.41, 5.74) is 0.715. The molecule has 3 aromatic rings. The zero-order valence-electron chi connectivity index (χ0n) is 18.7. The van der Waals surface area contributed by atoms with Crippen LogP contribution in [0.1, 0.15) is 26.1 Å². The molecule has 33 heavy (non-hydrogen) atoms. The normalized spacial score (nSPS) is 11.8. The third-order valence-corrected chi connectivity index (χ3v) is 6.43. The lowest BCUT2D eigenvalue weighted by Crippen LogP contribution is -2.23. The number of benzene rings is 2. The first kappa shape index (κ1) is 25.2. The molecule has 0 saturated heterocycles. The number of nitrogens with one attached hydrogen (secondary N) is 1. The van der Waals surface area contributed by atoms with Gasteiger partial charge in [0.2, 0.25) is 5.91 Å². The van der Waals surface area contributed by atoms with Crippen molar-refractivity contribution in [2.24, 2.45) is 0 Å². The summed E-state index contributed by atoms with van der Waals surface area (Å²) in [6.07, 6.45) is 1.44. The van der Waals surface area contributed by atoms with E-state index in [-0.39, 0.29) is 11.2 Å². The van der Waals surface area contributed by atoms with Crippen LogP contribution in [0.5, 0.6) is 11.5 Å². The Labute approximate surface area is 207 Å². The van der Waals surface area contributed by atoms with E-state index >= 15 is 0 Å². The number of nitrogens with zero attached hydrogens (tertiary/aromatic N) is 3. The highest BCUT2D eigenvalue weighted by molar-refractivity contribution is 8.00. The van der Waals surface area contributed by atoms with Gasteiger partial charge in [-0.05, 0) is 62.7 Å². The monoisotopic (exact) mass is 508 g/mol. The molecule has 176 valence electrons. The van der Waals surface area contributed by atoms with Crippen molar-refractivity contribution in [3.8, 4) is 11.5 Å². The first-order chi connectivity index (χ1) is 15.9. The van der Waals surface area contributed by atoms with Gasteiger partial charge in [0, 0.05) is 23.7 Å². The van der Waals surface area contributed by atoms with Gasteiger partial charge in [-0.3, -0.25) is 4.79 Å². The molecule has 1 heterocycles. The Balaban J connectivity index is 1.52. The maximum absolute atomic E-state index is 12.6. The van der Waals surface area contributed by atoms with Gasteiger partial charge in [0.25, 0.3) is 0 Å². The van der Waals surface area contributed by atoms with Crippen molar-refractivity contribution in [1.29, 1.82) is 0 Å². The molecule has 7 nitrogen and oxygen atoms in total. The summed E-state index contributed by atoms with van der Waals surface area (Å²) in [7, 11) is 1.60. The second-order valence-corrected chi connectivity index (χ2v) is 9.30. The Morgan fingerprint density at radius 2 is 1.94 bits per heavy atom. The largest absolute Gasteiger partial charge is 0.497 e. The van der Waals surface area contributed by atoms with Crippen molar-refractivity contribution < 1.29 is 14.3 Å². The number of aromatic nitrogens is 3.